The van der Waals surface area contributed by atoms with E-state index >= 15 is 0 Å². The predicted molar refractivity (Wildman–Crippen MR) is 67.5 cm³/mol. The molecule has 14 heavy (non-hydrogen) atoms. The molecule has 2 heteroatoms. The van der Waals surface area contributed by atoms with E-state index in [1.807, 2.05) is 0 Å². The van der Waals surface area contributed by atoms with Crippen LogP contribution >= 0.6 is 0 Å². The molecule has 0 unspecified atom stereocenters. The van der Waals surface area contributed by atoms with Crippen molar-refractivity contribution in [1.29, 1.82) is 5.41 Å². The Hall–Kier alpha value is 0.267. The number of hydrogen-bond donors (Lipinski definition) is 1. The van der Waals surface area contributed by atoms with Crippen LogP contribution < -0.4 is 0 Å². The van der Waals surface area contributed by atoms with Crippen molar-refractivity contribution in [2.24, 2.45) is 0 Å². The topological polar surface area (TPSA) is 23.9 Å². The number of hydrogen-bond acceptors (Lipinski definition) is 1. The van der Waals surface area contributed by atoms with E-state index in [2.05, 4.69) is 13.8 Å². The first-order valence-corrected chi connectivity index (χ1v) is 5.66. The average molecular weight is 190 g/mol. The molecule has 0 saturated heterocycles. The minimum atomic E-state index is 0. The van der Waals surface area contributed by atoms with Gasteiger partial charge in [0.05, 0.1) is 0 Å². The van der Waals surface area contributed by atoms with Gasteiger partial charge in [0.1, 0.15) is 0 Å². The first-order chi connectivity index (χ1) is 6.31. The molecule has 0 saturated carbocycles. The zero-order valence-corrected chi connectivity index (χ0v) is 9.07. The van der Waals surface area contributed by atoms with Gasteiger partial charge in [-0.3, -0.25) is 0 Å². The van der Waals surface area contributed by atoms with Gasteiger partial charge in [0.2, 0.25) is 0 Å². The van der Waals surface area contributed by atoms with Crippen LogP contribution in [0, 0.1) is 12.3 Å². The zero-order valence-electron chi connectivity index (χ0n) is 9.07. The zero-order chi connectivity index (χ0) is 9.94. The van der Waals surface area contributed by atoms with Crippen LogP contribution in [-0.4, -0.2) is 24.6 Å². The second-order valence-corrected chi connectivity index (χ2v) is 3.72. The van der Waals surface area contributed by atoms with E-state index in [0.717, 1.165) is 25.0 Å². The molecule has 0 aliphatic heterocycles. The molecule has 1 radical (unpaired) electrons. The summed E-state index contributed by atoms with van der Waals surface area (Å²) in [6.07, 6.45) is 10.5. The second kappa shape index (κ2) is 13.3. The summed E-state index contributed by atoms with van der Waals surface area (Å²) in [5.74, 6) is 0. The van der Waals surface area contributed by atoms with E-state index in [1.165, 1.54) is 38.5 Å². The molecule has 0 bridgehead atoms. The summed E-state index contributed by atoms with van der Waals surface area (Å²) in [6.45, 7) is 6.02. The summed E-state index contributed by atoms with van der Waals surface area (Å²) in [7, 11) is 0. The fraction of sp³-hybridized carbons (Fsp3) is 0.833. The summed E-state index contributed by atoms with van der Waals surface area (Å²) in [5.41, 5.74) is 0.956. The van der Waals surface area contributed by atoms with Crippen molar-refractivity contribution >= 4 is 24.6 Å². The monoisotopic (exact) mass is 190 g/mol. The fourth-order valence-corrected chi connectivity index (χ4v) is 1.41. The van der Waals surface area contributed by atoms with Gasteiger partial charge in [-0.1, -0.05) is 46.0 Å². The van der Waals surface area contributed by atoms with Crippen molar-refractivity contribution in [3.8, 4) is 0 Å². The summed E-state index contributed by atoms with van der Waals surface area (Å²) >= 11 is 0. The summed E-state index contributed by atoms with van der Waals surface area (Å²) in [5, 5.41) is 7.69. The number of nitrogens with one attached hydrogen (secondary N) is 1. The standard InChI is InChI=1S/C12H24N.Li.H/c1-3-5-7-9-11-12(13)10-8-6-4-2;;/h13H,1,3-11H2,2H3;;. The van der Waals surface area contributed by atoms with Crippen molar-refractivity contribution in [2.75, 3.05) is 0 Å². The van der Waals surface area contributed by atoms with E-state index in [9.17, 15) is 0 Å². The van der Waals surface area contributed by atoms with Crippen molar-refractivity contribution in [3.05, 3.63) is 6.92 Å². The van der Waals surface area contributed by atoms with Crippen LogP contribution in [0.25, 0.3) is 0 Å². The Balaban J connectivity index is 0. The summed E-state index contributed by atoms with van der Waals surface area (Å²) in [4.78, 5) is 0. The molecular weight excluding hydrogens is 165 g/mol. The Morgan fingerprint density at radius 3 is 2.07 bits per heavy atom. The average Bonchev–Trinajstić information content (AvgIpc) is 2.13. The molecule has 0 aromatic carbocycles. The van der Waals surface area contributed by atoms with Crippen LogP contribution in [0.3, 0.4) is 0 Å². The van der Waals surface area contributed by atoms with E-state index in [-0.39, 0.29) is 18.9 Å². The molecule has 0 atom stereocenters. The van der Waals surface area contributed by atoms with Crippen LogP contribution in [0.2, 0.25) is 0 Å². The molecule has 1 nitrogen and oxygen atoms in total. The maximum absolute atomic E-state index is 7.69. The third-order valence-electron chi connectivity index (χ3n) is 2.31. The van der Waals surface area contributed by atoms with Crippen LogP contribution in [0.15, 0.2) is 0 Å². The first-order valence-electron chi connectivity index (χ1n) is 5.66. The quantitative estimate of drug-likeness (QED) is 0.325. The summed E-state index contributed by atoms with van der Waals surface area (Å²) in [6, 6.07) is 0. The summed E-state index contributed by atoms with van der Waals surface area (Å²) < 4.78 is 0. The van der Waals surface area contributed by atoms with E-state index in [0.29, 0.717) is 0 Å². The van der Waals surface area contributed by atoms with Crippen molar-refractivity contribution in [2.45, 2.75) is 64.7 Å². The van der Waals surface area contributed by atoms with Crippen molar-refractivity contribution in [1.82, 2.24) is 0 Å². The first kappa shape index (κ1) is 16.7. The van der Waals surface area contributed by atoms with Crippen LogP contribution in [-0.2, 0) is 0 Å². The molecule has 0 amide bonds. The molecule has 0 rings (SSSR count). The molecule has 0 aliphatic rings. The molecule has 0 heterocycles. The van der Waals surface area contributed by atoms with E-state index < -0.39 is 0 Å². The Kier molecular flexibility index (Phi) is 15.8. The van der Waals surface area contributed by atoms with Gasteiger partial charge in [0, 0.05) is 5.71 Å². The van der Waals surface area contributed by atoms with Gasteiger partial charge in [0.25, 0.3) is 0 Å². The molecule has 0 aromatic rings. The van der Waals surface area contributed by atoms with Gasteiger partial charge in [0.15, 0.2) is 0 Å². The Labute approximate surface area is 102 Å². The molecule has 0 aliphatic carbocycles. The van der Waals surface area contributed by atoms with Crippen LogP contribution in [0.5, 0.6) is 0 Å². The van der Waals surface area contributed by atoms with Gasteiger partial charge < -0.3 is 5.41 Å². The van der Waals surface area contributed by atoms with Crippen LogP contribution in [0.4, 0.5) is 0 Å². The maximum atomic E-state index is 7.69. The van der Waals surface area contributed by atoms with E-state index in [4.69, 9.17) is 5.41 Å². The second-order valence-electron chi connectivity index (χ2n) is 3.72. The van der Waals surface area contributed by atoms with Gasteiger partial charge in [-0.2, -0.15) is 0 Å². The molecule has 0 aromatic heterocycles. The normalized spacial score (nSPS) is 9.57. The van der Waals surface area contributed by atoms with Crippen molar-refractivity contribution < 1.29 is 0 Å². The van der Waals surface area contributed by atoms with E-state index in [1.54, 1.807) is 0 Å². The Morgan fingerprint density at radius 2 is 1.57 bits per heavy atom. The van der Waals surface area contributed by atoms with Gasteiger partial charge in [-0.25, -0.2) is 0 Å². The molecule has 0 fully saturated rings. The predicted octanol–water partition coefficient (Wildman–Crippen LogP) is 3.72. The third-order valence-corrected chi connectivity index (χ3v) is 2.31. The number of unbranched alkanes of at least 4 members (excludes halogenated alkanes) is 5. The minimum absolute atomic E-state index is 0. The fourth-order valence-electron chi connectivity index (χ4n) is 1.41. The van der Waals surface area contributed by atoms with Gasteiger partial charge >= 0.3 is 18.9 Å². The van der Waals surface area contributed by atoms with Gasteiger partial charge in [-0.15, -0.1) is 0 Å². The SMILES string of the molecule is [CH2]CCCCCC(=N)CCCCC.[LiH]. The molecule has 1 N–H and O–H groups in total. The molecule has 0 spiro atoms. The van der Waals surface area contributed by atoms with Gasteiger partial charge in [-0.05, 0) is 25.7 Å². The molecular formula is C12H25LiN. The Morgan fingerprint density at radius 1 is 1.00 bits per heavy atom. The van der Waals surface area contributed by atoms with Crippen LogP contribution in [0.1, 0.15) is 64.7 Å². The Bertz CT molecular complexity index is 123. The third kappa shape index (κ3) is 12.3. The number of rotatable bonds is 9. The molecule has 79 valence electrons. The van der Waals surface area contributed by atoms with Crippen molar-refractivity contribution in [3.63, 3.8) is 0 Å².